The van der Waals surface area contributed by atoms with Crippen LogP contribution in [0.4, 0.5) is 0 Å². The third-order valence-corrected chi connectivity index (χ3v) is 7.91. The molecule has 1 aromatic rings. The number of phenolic OH excluding ortho intramolecular Hbond substituents is 1. The van der Waals surface area contributed by atoms with E-state index in [0.717, 1.165) is 0 Å². The van der Waals surface area contributed by atoms with Crippen molar-refractivity contribution in [1.29, 1.82) is 0 Å². The second kappa shape index (κ2) is 11.0. The quantitative estimate of drug-likeness (QED) is 0.231. The number of thioether (sulfide) groups is 1. The van der Waals surface area contributed by atoms with Gasteiger partial charge in [-0.25, -0.2) is 9.59 Å². The number of rotatable bonds is 6. The number of phenols is 1. The van der Waals surface area contributed by atoms with Crippen LogP contribution in [0, 0.1) is 0 Å². The number of amides is 3. The van der Waals surface area contributed by atoms with Crippen LogP contribution < -0.4 is 11.1 Å². The van der Waals surface area contributed by atoms with Crippen molar-refractivity contribution in [3.05, 3.63) is 52.9 Å². The van der Waals surface area contributed by atoms with Gasteiger partial charge in [-0.15, -0.1) is 11.8 Å². The maximum absolute atomic E-state index is 12.3. The zero-order chi connectivity index (χ0) is 28.6. The van der Waals surface area contributed by atoms with Gasteiger partial charge in [0.2, 0.25) is 11.8 Å². The zero-order valence-corrected chi connectivity index (χ0v) is 21.3. The molecule has 5 rings (SSSR count). The molecule has 208 valence electrons. The van der Waals surface area contributed by atoms with E-state index in [2.05, 4.69) is 5.32 Å². The van der Waals surface area contributed by atoms with Gasteiger partial charge >= 0.3 is 11.9 Å². The Morgan fingerprint density at radius 1 is 1.23 bits per heavy atom. The largest absolute Gasteiger partial charge is 0.508 e. The van der Waals surface area contributed by atoms with Crippen LogP contribution in [0.25, 0.3) is 0 Å². The Morgan fingerprint density at radius 3 is 2.46 bits per heavy atom. The van der Waals surface area contributed by atoms with Crippen molar-refractivity contribution in [3.63, 3.8) is 0 Å². The van der Waals surface area contributed by atoms with Crippen molar-refractivity contribution >= 4 is 41.4 Å². The van der Waals surface area contributed by atoms with Gasteiger partial charge in [-0.2, -0.15) is 0 Å². The minimum Gasteiger partial charge on any atom is -0.508 e. The number of ether oxygens (including phenoxy) is 1. The minimum atomic E-state index is -1.15. The van der Waals surface area contributed by atoms with E-state index in [1.165, 1.54) is 51.9 Å². The molecule has 39 heavy (non-hydrogen) atoms. The molecule has 14 nitrogen and oxygen atoms in total. The summed E-state index contributed by atoms with van der Waals surface area (Å²) in [5.41, 5.74) is 7.00. The summed E-state index contributed by atoms with van der Waals surface area (Å²) < 4.78 is 5.17. The molecular weight excluding hydrogens is 536 g/mol. The van der Waals surface area contributed by atoms with Crippen molar-refractivity contribution in [3.8, 4) is 5.75 Å². The Hall–Kier alpha value is -4.08. The SMILES string of the molecule is CC1=C(C(=O)O)N2C(=O)[C@@H](NC(=O)[C@H](N)c3ccc(O)cc3)[C@H]2SC1.O=C(O)[C@H]1/C(=C/CO)O[C@@H]2CC(=O)N21. The monoisotopic (exact) mass is 562 g/mol. The lowest BCUT2D eigenvalue weighted by Crippen LogP contribution is -2.71. The average Bonchev–Trinajstić information content (AvgIpc) is 3.19. The molecular formula is C24H26N4O10S. The standard InChI is InChI=1S/C16H17N3O5S.C8H9NO5/c1-7-6-25-15-11(14(22)19(15)12(7)16(23)24)18-13(21)10(17)8-2-4-9(20)5-3-8;10-2-1-4-7(8(12)13)9-5(11)3-6(9)14-4/h2-5,10-11,15,20H,6,17H2,1H3,(H,18,21)(H,23,24);1,6-7,10H,2-3H2,(H,12,13)/b;4-1-/t10-,11-,15-;6-,7-/m11/s1. The normalized spacial score (nSPS) is 26.8. The third-order valence-electron chi connectivity index (χ3n) is 6.49. The lowest BCUT2D eigenvalue weighted by atomic mass is 10.0. The van der Waals surface area contributed by atoms with E-state index in [4.69, 9.17) is 20.7 Å². The number of nitrogens with one attached hydrogen (secondary N) is 1. The van der Waals surface area contributed by atoms with E-state index >= 15 is 0 Å². The second-order valence-electron chi connectivity index (χ2n) is 9.01. The number of aliphatic hydroxyl groups is 1. The summed E-state index contributed by atoms with van der Waals surface area (Å²) in [6.45, 7) is 1.38. The van der Waals surface area contributed by atoms with E-state index in [1.807, 2.05) is 0 Å². The molecule has 0 spiro atoms. The Kier molecular flexibility index (Phi) is 7.85. The Bertz CT molecular complexity index is 1280. The molecule has 5 atom stereocenters. The molecule has 4 aliphatic rings. The average molecular weight is 563 g/mol. The van der Waals surface area contributed by atoms with E-state index in [1.54, 1.807) is 6.92 Å². The first-order valence-corrected chi connectivity index (χ1v) is 12.7. The fourth-order valence-electron chi connectivity index (χ4n) is 4.51. The Labute approximate surface area is 225 Å². The van der Waals surface area contributed by atoms with Gasteiger partial charge in [0.25, 0.3) is 5.91 Å². The number of carboxylic acid groups (broad SMARTS) is 2. The number of aliphatic hydroxyl groups excluding tert-OH is 1. The predicted octanol–water partition coefficient (Wildman–Crippen LogP) is -0.945. The molecule has 1 aromatic carbocycles. The maximum atomic E-state index is 12.3. The highest BCUT2D eigenvalue weighted by Crippen LogP contribution is 2.40. The number of carbonyl (C=O) groups excluding carboxylic acids is 3. The summed E-state index contributed by atoms with van der Waals surface area (Å²) in [6.07, 6.45) is 1.03. The summed E-state index contributed by atoms with van der Waals surface area (Å²) in [5.74, 6) is -2.83. The first-order valence-electron chi connectivity index (χ1n) is 11.7. The van der Waals surface area contributed by atoms with Gasteiger partial charge in [-0.3, -0.25) is 24.2 Å². The van der Waals surface area contributed by atoms with Crippen LogP contribution in [-0.2, 0) is 28.7 Å². The maximum Gasteiger partial charge on any atom is 0.352 e. The summed E-state index contributed by atoms with van der Waals surface area (Å²) in [6, 6.07) is 3.03. The zero-order valence-electron chi connectivity index (χ0n) is 20.5. The molecule has 3 amide bonds. The van der Waals surface area contributed by atoms with Crippen LogP contribution in [0.2, 0.25) is 0 Å². The highest BCUT2D eigenvalue weighted by Gasteiger charge is 2.54. The van der Waals surface area contributed by atoms with Crippen LogP contribution in [0.15, 0.2) is 47.4 Å². The molecule has 0 aliphatic carbocycles. The number of hydrogen-bond acceptors (Lipinski definition) is 10. The van der Waals surface area contributed by atoms with Gasteiger partial charge < -0.3 is 36.2 Å². The van der Waals surface area contributed by atoms with Crippen LogP contribution >= 0.6 is 11.8 Å². The number of carboxylic acids is 2. The van der Waals surface area contributed by atoms with Crippen molar-refractivity contribution in [2.75, 3.05) is 12.4 Å². The predicted molar refractivity (Wildman–Crippen MR) is 133 cm³/mol. The number of aliphatic carboxylic acids is 2. The first kappa shape index (κ1) is 27.9. The van der Waals surface area contributed by atoms with Crippen molar-refractivity contribution in [2.45, 2.75) is 43.1 Å². The summed E-state index contributed by atoms with van der Waals surface area (Å²) in [5, 5.41) is 38.2. The number of fused-ring (bicyclic) bond motifs is 2. The van der Waals surface area contributed by atoms with Gasteiger partial charge in [0, 0.05) is 5.75 Å². The number of aromatic hydroxyl groups is 1. The van der Waals surface area contributed by atoms with E-state index in [0.29, 0.717) is 16.9 Å². The first-order chi connectivity index (χ1) is 18.5. The summed E-state index contributed by atoms with van der Waals surface area (Å²) >= 11 is 1.40. The molecule has 4 aliphatic heterocycles. The topological polar surface area (TPSA) is 220 Å². The second-order valence-corrected chi connectivity index (χ2v) is 10.1. The number of nitrogens with zero attached hydrogens (tertiary/aromatic N) is 2. The number of β-lactam (4-membered cyclic amide) rings is 2. The van der Waals surface area contributed by atoms with Gasteiger partial charge in [-0.1, -0.05) is 12.1 Å². The smallest absolute Gasteiger partial charge is 0.352 e. The number of carbonyl (C=O) groups is 5. The number of hydrogen-bond donors (Lipinski definition) is 6. The molecule has 0 saturated carbocycles. The number of benzene rings is 1. The highest BCUT2D eigenvalue weighted by molar-refractivity contribution is 8.00. The molecule has 0 radical (unpaired) electrons. The van der Waals surface area contributed by atoms with Crippen LogP contribution in [0.1, 0.15) is 24.9 Å². The lowest BCUT2D eigenvalue weighted by molar-refractivity contribution is -0.163. The van der Waals surface area contributed by atoms with Crippen LogP contribution in [0.3, 0.4) is 0 Å². The molecule has 3 fully saturated rings. The third kappa shape index (κ3) is 5.15. The Balaban J connectivity index is 0.000000212. The molecule has 3 saturated heterocycles. The van der Waals surface area contributed by atoms with Gasteiger partial charge in [0.1, 0.15) is 34.7 Å². The van der Waals surface area contributed by atoms with Gasteiger partial charge in [-0.05, 0) is 36.3 Å². The van der Waals surface area contributed by atoms with Gasteiger partial charge in [0.05, 0.1) is 13.0 Å². The van der Waals surface area contributed by atoms with Crippen molar-refractivity contribution in [2.24, 2.45) is 5.73 Å². The Morgan fingerprint density at radius 2 is 1.90 bits per heavy atom. The highest BCUT2D eigenvalue weighted by atomic mass is 32.2. The van der Waals surface area contributed by atoms with Gasteiger partial charge in [0.15, 0.2) is 12.3 Å². The molecule has 7 N–H and O–H groups in total. The molecule has 4 heterocycles. The molecule has 15 heteroatoms. The minimum absolute atomic E-state index is 0.0120. The van der Waals surface area contributed by atoms with Crippen LogP contribution in [0.5, 0.6) is 5.75 Å². The molecule has 0 aromatic heterocycles. The number of nitrogens with two attached hydrogens (primary N) is 1. The van der Waals surface area contributed by atoms with Crippen molar-refractivity contribution in [1.82, 2.24) is 15.1 Å². The molecule has 0 unspecified atom stereocenters. The fourth-order valence-corrected chi connectivity index (χ4v) is 5.80. The lowest BCUT2D eigenvalue weighted by Gasteiger charge is -2.49. The van der Waals surface area contributed by atoms with E-state index in [-0.39, 0.29) is 36.1 Å². The van der Waals surface area contributed by atoms with E-state index in [9.17, 15) is 34.2 Å². The molecule has 0 bridgehead atoms. The summed E-state index contributed by atoms with van der Waals surface area (Å²) in [4.78, 5) is 60.3. The van der Waals surface area contributed by atoms with E-state index < -0.39 is 53.5 Å². The summed E-state index contributed by atoms with van der Waals surface area (Å²) in [7, 11) is 0. The fraction of sp³-hybridized carbons (Fsp3) is 0.375. The van der Waals surface area contributed by atoms with Crippen LogP contribution in [-0.4, -0.2) is 95.9 Å². The van der Waals surface area contributed by atoms with Crippen molar-refractivity contribution < 1.29 is 49.1 Å².